The quantitative estimate of drug-likeness (QED) is 0.848. The molecule has 0 fully saturated rings. The molecule has 3 nitrogen and oxygen atoms in total. The highest BCUT2D eigenvalue weighted by Gasteiger charge is 2.60. The van der Waals surface area contributed by atoms with Crippen LogP contribution in [0.5, 0.6) is 0 Å². The maximum absolute atomic E-state index is 13.5. The second-order valence-corrected chi connectivity index (χ2v) is 5.20. The summed E-state index contributed by atoms with van der Waals surface area (Å²) >= 11 is 0. The summed E-state index contributed by atoms with van der Waals surface area (Å²) in [7, 11) is 0. The van der Waals surface area contributed by atoms with E-state index in [1.54, 1.807) is 6.07 Å². The minimum atomic E-state index is -4.84. The van der Waals surface area contributed by atoms with Gasteiger partial charge in [-0.15, -0.1) is 0 Å². The van der Waals surface area contributed by atoms with Gasteiger partial charge in [-0.25, -0.2) is 0 Å². The van der Waals surface area contributed by atoms with Gasteiger partial charge in [0.2, 0.25) is 11.5 Å². The lowest BCUT2D eigenvalue weighted by Gasteiger charge is -2.28. The zero-order chi connectivity index (χ0) is 16.1. The Balaban J connectivity index is 2.27. The highest BCUT2D eigenvalue weighted by molar-refractivity contribution is 5.91. The van der Waals surface area contributed by atoms with E-state index < -0.39 is 11.8 Å². The predicted molar refractivity (Wildman–Crippen MR) is 75.2 cm³/mol. The van der Waals surface area contributed by atoms with Crippen molar-refractivity contribution in [1.82, 2.24) is 0 Å². The van der Waals surface area contributed by atoms with Crippen LogP contribution in [0.25, 0.3) is 11.1 Å². The van der Waals surface area contributed by atoms with Crippen LogP contribution in [0.1, 0.15) is 18.1 Å². The van der Waals surface area contributed by atoms with Gasteiger partial charge in [0, 0.05) is 23.7 Å². The van der Waals surface area contributed by atoms with Crippen molar-refractivity contribution in [2.45, 2.75) is 18.7 Å². The number of carbonyl (C=O) groups is 1. The zero-order valence-corrected chi connectivity index (χ0v) is 11.5. The Morgan fingerprint density at radius 2 is 1.73 bits per heavy atom. The predicted octanol–water partition coefficient (Wildman–Crippen LogP) is 3.42. The number of benzene rings is 2. The number of aliphatic hydroxyl groups is 1. The van der Waals surface area contributed by atoms with Crippen molar-refractivity contribution in [3.63, 3.8) is 0 Å². The van der Waals surface area contributed by atoms with Crippen LogP contribution in [0.4, 0.5) is 18.9 Å². The van der Waals surface area contributed by atoms with Crippen LogP contribution in [0.2, 0.25) is 0 Å². The number of rotatable bonds is 1. The topological polar surface area (TPSA) is 49.3 Å². The maximum atomic E-state index is 13.5. The second kappa shape index (κ2) is 4.58. The minimum absolute atomic E-state index is 0.197. The van der Waals surface area contributed by atoms with Crippen molar-refractivity contribution >= 4 is 11.6 Å². The first kappa shape index (κ1) is 14.6. The smallest absolute Gasteiger partial charge is 0.372 e. The zero-order valence-electron chi connectivity index (χ0n) is 11.5. The van der Waals surface area contributed by atoms with E-state index in [1.807, 2.05) is 0 Å². The molecule has 6 heteroatoms. The molecule has 1 atom stereocenters. The molecule has 114 valence electrons. The van der Waals surface area contributed by atoms with Gasteiger partial charge in [0.15, 0.2) is 0 Å². The van der Waals surface area contributed by atoms with Crippen LogP contribution in [0, 0.1) is 0 Å². The number of hydrogen-bond donors (Lipinski definition) is 2. The highest BCUT2D eigenvalue weighted by Crippen LogP contribution is 2.55. The molecule has 0 aliphatic heterocycles. The van der Waals surface area contributed by atoms with E-state index in [9.17, 15) is 23.1 Å². The summed E-state index contributed by atoms with van der Waals surface area (Å²) in [4.78, 5) is 11.1. The Hall–Kier alpha value is -2.34. The number of alkyl halides is 3. The summed E-state index contributed by atoms with van der Waals surface area (Å²) in [5.74, 6) is -0.322. The number of anilines is 1. The molecule has 0 saturated carbocycles. The average molecular weight is 307 g/mol. The molecule has 3 rings (SSSR count). The monoisotopic (exact) mass is 307 g/mol. The molecule has 0 bridgehead atoms. The van der Waals surface area contributed by atoms with E-state index in [2.05, 4.69) is 5.32 Å². The standard InChI is InChI=1S/C16H12F3NO2/c1-9(21)20-10-6-7-14-12(8-10)11-4-2-3-5-13(11)15(14,22)16(17,18)19/h2-8,22H,1H3,(H,20,21). The Bertz CT molecular complexity index is 770. The first-order chi connectivity index (χ1) is 10.2. The third-order valence-corrected chi connectivity index (χ3v) is 3.75. The van der Waals surface area contributed by atoms with Crippen LogP contribution in [-0.2, 0) is 10.4 Å². The van der Waals surface area contributed by atoms with Gasteiger partial charge < -0.3 is 10.4 Å². The molecule has 1 aliphatic rings. The van der Waals surface area contributed by atoms with Crippen LogP contribution in [0.3, 0.4) is 0 Å². The average Bonchev–Trinajstić information content (AvgIpc) is 2.69. The fraction of sp³-hybridized carbons (Fsp3) is 0.188. The van der Waals surface area contributed by atoms with Crippen molar-refractivity contribution in [1.29, 1.82) is 0 Å². The SMILES string of the molecule is CC(=O)Nc1ccc2c(c1)-c1ccccc1C2(O)C(F)(F)F. The Kier molecular flexibility index (Phi) is 3.04. The third-order valence-electron chi connectivity index (χ3n) is 3.75. The van der Waals surface area contributed by atoms with Gasteiger partial charge in [-0.05, 0) is 23.3 Å². The molecular weight excluding hydrogens is 295 g/mol. The summed E-state index contributed by atoms with van der Waals surface area (Å²) in [6.45, 7) is 1.31. The largest absolute Gasteiger partial charge is 0.425 e. The summed E-state index contributed by atoms with van der Waals surface area (Å²) < 4.78 is 40.5. The molecule has 0 spiro atoms. The maximum Gasteiger partial charge on any atom is 0.425 e. The van der Waals surface area contributed by atoms with E-state index >= 15 is 0 Å². The van der Waals surface area contributed by atoms with Gasteiger partial charge in [0.1, 0.15) is 0 Å². The fourth-order valence-corrected chi connectivity index (χ4v) is 2.85. The van der Waals surface area contributed by atoms with Crippen LogP contribution in [0.15, 0.2) is 42.5 Å². The lowest BCUT2D eigenvalue weighted by Crippen LogP contribution is -2.41. The molecule has 1 aliphatic carbocycles. The van der Waals surface area contributed by atoms with Gasteiger partial charge in [-0.3, -0.25) is 4.79 Å². The molecule has 2 aromatic rings. The highest BCUT2D eigenvalue weighted by atomic mass is 19.4. The number of hydrogen-bond acceptors (Lipinski definition) is 2. The normalized spacial score (nSPS) is 19.5. The van der Waals surface area contributed by atoms with Gasteiger partial charge in [-0.2, -0.15) is 13.2 Å². The van der Waals surface area contributed by atoms with Crippen molar-refractivity contribution in [3.05, 3.63) is 53.6 Å². The molecule has 1 unspecified atom stereocenters. The van der Waals surface area contributed by atoms with Crippen molar-refractivity contribution in [3.8, 4) is 11.1 Å². The first-order valence-corrected chi connectivity index (χ1v) is 6.56. The molecule has 1 amide bonds. The van der Waals surface area contributed by atoms with E-state index in [4.69, 9.17) is 0 Å². The molecule has 2 aromatic carbocycles. The molecule has 0 heterocycles. The summed E-state index contributed by atoms with van der Waals surface area (Å²) in [6, 6.07) is 9.85. The van der Waals surface area contributed by atoms with E-state index in [1.165, 1.54) is 43.3 Å². The van der Waals surface area contributed by atoms with Crippen molar-refractivity contribution < 1.29 is 23.1 Å². The van der Waals surface area contributed by atoms with Crippen molar-refractivity contribution in [2.24, 2.45) is 0 Å². The molecule has 0 saturated heterocycles. The van der Waals surface area contributed by atoms with E-state index in [0.717, 1.165) is 0 Å². The summed E-state index contributed by atoms with van der Waals surface area (Å²) in [5.41, 5.74) is -2.50. The third kappa shape index (κ3) is 1.91. The lowest BCUT2D eigenvalue weighted by atomic mass is 9.91. The van der Waals surface area contributed by atoms with Crippen LogP contribution >= 0.6 is 0 Å². The van der Waals surface area contributed by atoms with Crippen molar-refractivity contribution in [2.75, 3.05) is 5.32 Å². The number of halogens is 3. The van der Waals surface area contributed by atoms with E-state index in [0.29, 0.717) is 11.3 Å². The van der Waals surface area contributed by atoms with Gasteiger partial charge in [0.05, 0.1) is 0 Å². The molecule has 22 heavy (non-hydrogen) atoms. The minimum Gasteiger partial charge on any atom is -0.372 e. The summed E-state index contributed by atoms with van der Waals surface area (Å²) in [6.07, 6.45) is -4.84. The van der Waals surface area contributed by atoms with Gasteiger partial charge in [-0.1, -0.05) is 30.3 Å². The second-order valence-electron chi connectivity index (χ2n) is 5.20. The Morgan fingerprint density at radius 3 is 2.36 bits per heavy atom. The Morgan fingerprint density at radius 1 is 1.09 bits per heavy atom. The van der Waals surface area contributed by atoms with Gasteiger partial charge in [0.25, 0.3) is 0 Å². The first-order valence-electron chi connectivity index (χ1n) is 6.56. The fourth-order valence-electron chi connectivity index (χ4n) is 2.85. The summed E-state index contributed by atoms with van der Waals surface area (Å²) in [5, 5.41) is 12.9. The molecule has 2 N–H and O–H groups in total. The molecule has 0 radical (unpaired) electrons. The lowest BCUT2D eigenvalue weighted by molar-refractivity contribution is -0.246. The molecule has 0 aromatic heterocycles. The van der Waals surface area contributed by atoms with Gasteiger partial charge >= 0.3 is 6.18 Å². The number of carbonyl (C=O) groups excluding carboxylic acids is 1. The molecular formula is C16H12F3NO2. The van der Waals surface area contributed by atoms with E-state index in [-0.39, 0.29) is 22.6 Å². The van der Waals surface area contributed by atoms with Crippen LogP contribution in [-0.4, -0.2) is 17.2 Å². The number of amides is 1. The number of nitrogens with one attached hydrogen (secondary N) is 1. The number of fused-ring (bicyclic) bond motifs is 3. The Labute approximate surface area is 124 Å². The van der Waals surface area contributed by atoms with Crippen LogP contribution < -0.4 is 5.32 Å².